The highest BCUT2D eigenvalue weighted by atomic mass is 16.3. The van der Waals surface area contributed by atoms with Crippen molar-refractivity contribution in [2.45, 2.75) is 26.2 Å². The lowest BCUT2D eigenvalue weighted by atomic mass is 9.71. The minimum Gasteiger partial charge on any atom is -0.392 e. The summed E-state index contributed by atoms with van der Waals surface area (Å²) in [5.41, 5.74) is 2.33. The molecule has 0 saturated carbocycles. The molecule has 0 spiro atoms. The number of allylic oxidation sites excluding steroid dienone is 3. The molecule has 1 N–H and O–H groups in total. The molecule has 0 aromatic rings. The summed E-state index contributed by atoms with van der Waals surface area (Å²) in [7, 11) is 0. The van der Waals surface area contributed by atoms with Crippen molar-refractivity contribution in [3.05, 3.63) is 23.3 Å². The third kappa shape index (κ3) is 1.67. The van der Waals surface area contributed by atoms with Crippen molar-refractivity contribution in [3.63, 3.8) is 0 Å². The molecule has 0 saturated heterocycles. The number of hydrogen-bond donors (Lipinski definition) is 1. The number of fused-ring (bicyclic) bond motifs is 1. The Kier molecular flexibility index (Phi) is 2.55. The average Bonchev–Trinajstić information content (AvgIpc) is 2.15. The Morgan fingerprint density at radius 2 is 2.36 bits per heavy atom. The summed E-state index contributed by atoms with van der Waals surface area (Å²) >= 11 is 0. The largest absolute Gasteiger partial charge is 0.392 e. The van der Waals surface area contributed by atoms with Crippen LogP contribution in [0, 0.1) is 11.8 Å². The van der Waals surface area contributed by atoms with Crippen LogP contribution < -0.4 is 0 Å². The van der Waals surface area contributed by atoms with E-state index in [-0.39, 0.29) is 12.4 Å². The van der Waals surface area contributed by atoms with E-state index in [0.717, 1.165) is 18.4 Å². The molecular weight excluding hydrogens is 176 g/mol. The van der Waals surface area contributed by atoms with Crippen molar-refractivity contribution >= 4 is 5.78 Å². The van der Waals surface area contributed by atoms with Gasteiger partial charge in [0, 0.05) is 6.42 Å². The van der Waals surface area contributed by atoms with Gasteiger partial charge in [-0.05, 0) is 43.3 Å². The van der Waals surface area contributed by atoms with Gasteiger partial charge in [0.2, 0.25) is 0 Å². The molecule has 2 nitrogen and oxygen atoms in total. The molecule has 14 heavy (non-hydrogen) atoms. The maximum Gasteiger partial charge on any atom is 0.156 e. The predicted octanol–water partition coefficient (Wildman–Crippen LogP) is 1.85. The molecule has 2 heteroatoms. The van der Waals surface area contributed by atoms with Gasteiger partial charge >= 0.3 is 0 Å². The fraction of sp³-hybridized carbons (Fsp3) is 0.583. The van der Waals surface area contributed by atoms with Gasteiger partial charge in [-0.3, -0.25) is 4.79 Å². The van der Waals surface area contributed by atoms with Crippen molar-refractivity contribution in [2.24, 2.45) is 11.8 Å². The smallest absolute Gasteiger partial charge is 0.156 e. The van der Waals surface area contributed by atoms with Crippen LogP contribution in [0.25, 0.3) is 0 Å². The maximum absolute atomic E-state index is 11.4. The number of ketones is 1. The van der Waals surface area contributed by atoms with E-state index in [2.05, 4.69) is 13.0 Å². The minimum absolute atomic E-state index is 0.0415. The van der Waals surface area contributed by atoms with Gasteiger partial charge in [0.05, 0.1) is 6.61 Å². The molecule has 0 bridgehead atoms. The number of hydrogen-bond acceptors (Lipinski definition) is 2. The lowest BCUT2D eigenvalue weighted by molar-refractivity contribution is -0.116. The summed E-state index contributed by atoms with van der Waals surface area (Å²) in [6, 6.07) is 0. The van der Waals surface area contributed by atoms with Gasteiger partial charge in [0.15, 0.2) is 5.78 Å². The van der Waals surface area contributed by atoms with Crippen LogP contribution in [0.1, 0.15) is 26.2 Å². The number of rotatable bonds is 1. The van der Waals surface area contributed by atoms with Gasteiger partial charge in [-0.25, -0.2) is 0 Å². The van der Waals surface area contributed by atoms with Crippen LogP contribution in [0.2, 0.25) is 0 Å². The van der Waals surface area contributed by atoms with Gasteiger partial charge in [0.25, 0.3) is 0 Å². The second-order valence-corrected chi connectivity index (χ2v) is 4.37. The molecule has 2 aliphatic rings. The molecule has 2 atom stereocenters. The average molecular weight is 192 g/mol. The van der Waals surface area contributed by atoms with E-state index in [0.29, 0.717) is 18.3 Å². The first-order valence-electron chi connectivity index (χ1n) is 5.22. The summed E-state index contributed by atoms with van der Waals surface area (Å²) < 4.78 is 0. The fourth-order valence-corrected chi connectivity index (χ4v) is 2.59. The Balaban J connectivity index is 2.28. The van der Waals surface area contributed by atoms with E-state index in [9.17, 15) is 9.90 Å². The molecule has 2 rings (SSSR count). The molecule has 0 radical (unpaired) electrons. The van der Waals surface area contributed by atoms with Gasteiger partial charge in [-0.2, -0.15) is 0 Å². The van der Waals surface area contributed by atoms with E-state index in [1.807, 2.05) is 0 Å². The zero-order valence-corrected chi connectivity index (χ0v) is 8.49. The van der Waals surface area contributed by atoms with Gasteiger partial charge in [0.1, 0.15) is 0 Å². The summed E-state index contributed by atoms with van der Waals surface area (Å²) in [5, 5.41) is 9.17. The summed E-state index contributed by atoms with van der Waals surface area (Å²) in [5.74, 6) is 0.936. The molecule has 0 aliphatic heterocycles. The molecular formula is C12H16O2. The van der Waals surface area contributed by atoms with E-state index in [4.69, 9.17) is 0 Å². The lowest BCUT2D eigenvalue weighted by Crippen LogP contribution is -2.27. The molecule has 2 unspecified atom stereocenters. The first-order chi connectivity index (χ1) is 6.70. The zero-order chi connectivity index (χ0) is 10.1. The molecule has 2 aliphatic carbocycles. The van der Waals surface area contributed by atoms with E-state index in [1.54, 1.807) is 6.08 Å². The van der Waals surface area contributed by atoms with Crippen LogP contribution in [0.4, 0.5) is 0 Å². The second-order valence-electron chi connectivity index (χ2n) is 4.37. The summed E-state index contributed by atoms with van der Waals surface area (Å²) in [6.07, 6.45) is 6.69. The SMILES string of the molecule is CC1=CC2CC(=O)C=C(CO)C2CC1. The monoisotopic (exact) mass is 192 g/mol. The number of carbonyl (C=O) groups is 1. The summed E-state index contributed by atoms with van der Waals surface area (Å²) in [4.78, 5) is 11.4. The molecule has 0 amide bonds. The normalized spacial score (nSPS) is 32.0. The van der Waals surface area contributed by atoms with Crippen LogP contribution in [0.3, 0.4) is 0 Å². The quantitative estimate of drug-likeness (QED) is 0.644. The van der Waals surface area contributed by atoms with E-state index in [1.165, 1.54) is 5.57 Å². The summed E-state index contributed by atoms with van der Waals surface area (Å²) in [6.45, 7) is 2.16. The van der Waals surface area contributed by atoms with Gasteiger partial charge in [-0.15, -0.1) is 0 Å². The highest BCUT2D eigenvalue weighted by molar-refractivity contribution is 5.91. The Morgan fingerprint density at radius 3 is 3.07 bits per heavy atom. The predicted molar refractivity (Wildman–Crippen MR) is 54.8 cm³/mol. The topological polar surface area (TPSA) is 37.3 Å². The van der Waals surface area contributed by atoms with E-state index < -0.39 is 0 Å². The van der Waals surface area contributed by atoms with Crippen LogP contribution in [0.5, 0.6) is 0 Å². The Bertz CT molecular complexity index is 312. The van der Waals surface area contributed by atoms with Crippen molar-refractivity contribution in [2.75, 3.05) is 6.61 Å². The number of aliphatic hydroxyl groups is 1. The highest BCUT2D eigenvalue weighted by Crippen LogP contribution is 2.38. The maximum atomic E-state index is 11.4. The standard InChI is InChI=1S/C12H16O2/c1-8-2-3-12-9(4-8)5-11(14)6-10(12)7-13/h4,6,9,12-13H,2-3,5,7H2,1H3. The highest BCUT2D eigenvalue weighted by Gasteiger charge is 2.31. The molecule has 0 aromatic carbocycles. The van der Waals surface area contributed by atoms with Crippen molar-refractivity contribution in [1.82, 2.24) is 0 Å². The number of carbonyl (C=O) groups excluding carboxylic acids is 1. The first kappa shape index (κ1) is 9.66. The van der Waals surface area contributed by atoms with Crippen molar-refractivity contribution in [1.29, 1.82) is 0 Å². The van der Waals surface area contributed by atoms with E-state index >= 15 is 0 Å². The Hall–Kier alpha value is -0.890. The van der Waals surface area contributed by atoms with Gasteiger partial charge in [-0.1, -0.05) is 11.6 Å². The van der Waals surface area contributed by atoms with Crippen LogP contribution in [0.15, 0.2) is 23.3 Å². The number of aliphatic hydroxyl groups excluding tert-OH is 1. The molecule has 0 fully saturated rings. The van der Waals surface area contributed by atoms with Crippen LogP contribution in [-0.4, -0.2) is 17.5 Å². The van der Waals surface area contributed by atoms with Gasteiger partial charge < -0.3 is 5.11 Å². The first-order valence-corrected chi connectivity index (χ1v) is 5.22. The van der Waals surface area contributed by atoms with Crippen molar-refractivity contribution < 1.29 is 9.90 Å². The third-order valence-corrected chi connectivity index (χ3v) is 3.31. The third-order valence-electron chi connectivity index (χ3n) is 3.31. The Labute approximate surface area is 84.3 Å². The van der Waals surface area contributed by atoms with Crippen LogP contribution in [-0.2, 0) is 4.79 Å². The van der Waals surface area contributed by atoms with Crippen LogP contribution >= 0.6 is 0 Å². The zero-order valence-electron chi connectivity index (χ0n) is 8.49. The molecule has 0 heterocycles. The lowest BCUT2D eigenvalue weighted by Gasteiger charge is -2.33. The fourth-order valence-electron chi connectivity index (χ4n) is 2.59. The van der Waals surface area contributed by atoms with Crippen molar-refractivity contribution in [3.8, 4) is 0 Å². The minimum atomic E-state index is 0.0415. The molecule has 0 aromatic heterocycles. The Morgan fingerprint density at radius 1 is 1.57 bits per heavy atom. The molecule has 76 valence electrons. The second kappa shape index (κ2) is 3.70.